The number of rotatable bonds is 7. The number of aromatic nitrogens is 3. The number of hydrogen-bond acceptors (Lipinski definition) is 5. The fraction of sp³-hybridized carbons (Fsp3) is 0.350. The fourth-order valence-electron chi connectivity index (χ4n) is 2.87. The van der Waals surface area contributed by atoms with Crippen LogP contribution in [0.25, 0.3) is 5.69 Å². The number of hydrogen-bond donors (Lipinski definition) is 1. The van der Waals surface area contributed by atoms with Gasteiger partial charge in [0.1, 0.15) is 11.1 Å². The zero-order valence-corrected chi connectivity index (χ0v) is 17.5. The molecule has 0 aliphatic rings. The Morgan fingerprint density at radius 3 is 2.93 bits per heavy atom. The van der Waals surface area contributed by atoms with E-state index in [1.807, 2.05) is 36.9 Å². The summed E-state index contributed by atoms with van der Waals surface area (Å²) in [6.07, 6.45) is 5.55. The van der Waals surface area contributed by atoms with Crippen molar-refractivity contribution in [1.29, 1.82) is 0 Å². The highest BCUT2D eigenvalue weighted by atomic mass is 32.1. The molecule has 1 aromatic carbocycles. The molecule has 0 saturated heterocycles. The minimum absolute atomic E-state index is 0.0150. The number of ether oxygens (including phenoxy) is 1. The van der Waals surface area contributed by atoms with Crippen LogP contribution in [0.5, 0.6) is 0 Å². The normalized spacial score (nSPS) is 12.8. The molecule has 2 aromatic heterocycles. The Hall–Kier alpha value is -2.71. The molecule has 0 amide bonds. The predicted octanol–water partition coefficient (Wildman–Crippen LogP) is 3.24. The number of thiazole rings is 1. The van der Waals surface area contributed by atoms with Gasteiger partial charge in [0.15, 0.2) is 5.96 Å². The van der Waals surface area contributed by atoms with Crippen molar-refractivity contribution >= 4 is 17.3 Å². The van der Waals surface area contributed by atoms with E-state index in [-0.39, 0.29) is 6.10 Å². The van der Waals surface area contributed by atoms with Crippen molar-refractivity contribution in [2.45, 2.75) is 26.1 Å². The SMILES string of the molecule is CN=C(NCc1ccccc1-n1ccnc1)N(C)Cc1csc(C(C)OC)n1. The first-order chi connectivity index (χ1) is 13.6. The highest BCUT2D eigenvalue weighted by molar-refractivity contribution is 7.09. The molecule has 2 heterocycles. The van der Waals surface area contributed by atoms with Crippen LogP contribution in [0.2, 0.25) is 0 Å². The molecule has 0 fully saturated rings. The molecule has 148 valence electrons. The van der Waals surface area contributed by atoms with E-state index in [4.69, 9.17) is 4.74 Å². The first-order valence-electron chi connectivity index (χ1n) is 9.07. The lowest BCUT2D eigenvalue weighted by molar-refractivity contribution is 0.119. The van der Waals surface area contributed by atoms with E-state index in [1.165, 1.54) is 5.56 Å². The van der Waals surface area contributed by atoms with Crippen LogP contribution in [0.15, 0.2) is 53.4 Å². The average molecular weight is 399 g/mol. The maximum atomic E-state index is 5.34. The molecule has 28 heavy (non-hydrogen) atoms. The molecule has 1 N–H and O–H groups in total. The van der Waals surface area contributed by atoms with E-state index >= 15 is 0 Å². The Balaban J connectivity index is 1.64. The second-order valence-corrected chi connectivity index (χ2v) is 7.30. The smallest absolute Gasteiger partial charge is 0.194 e. The monoisotopic (exact) mass is 398 g/mol. The molecule has 1 atom stereocenters. The van der Waals surface area contributed by atoms with Gasteiger partial charge in [0.2, 0.25) is 0 Å². The summed E-state index contributed by atoms with van der Waals surface area (Å²) >= 11 is 1.62. The predicted molar refractivity (Wildman–Crippen MR) is 113 cm³/mol. The number of nitrogens with zero attached hydrogens (tertiary/aromatic N) is 5. The van der Waals surface area contributed by atoms with Crippen molar-refractivity contribution in [2.24, 2.45) is 4.99 Å². The summed E-state index contributed by atoms with van der Waals surface area (Å²) in [6, 6.07) is 8.26. The Morgan fingerprint density at radius 2 is 2.21 bits per heavy atom. The zero-order valence-electron chi connectivity index (χ0n) is 16.7. The largest absolute Gasteiger partial charge is 0.375 e. The topological polar surface area (TPSA) is 67.6 Å². The van der Waals surface area contributed by atoms with Gasteiger partial charge in [-0.15, -0.1) is 11.3 Å². The van der Waals surface area contributed by atoms with Crippen LogP contribution >= 0.6 is 11.3 Å². The summed E-state index contributed by atoms with van der Waals surface area (Å²) in [5.41, 5.74) is 3.27. The lowest BCUT2D eigenvalue weighted by Crippen LogP contribution is -2.38. The Bertz CT molecular complexity index is 905. The van der Waals surface area contributed by atoms with E-state index < -0.39 is 0 Å². The third kappa shape index (κ3) is 4.76. The van der Waals surface area contributed by atoms with Crippen molar-refractivity contribution < 1.29 is 4.74 Å². The lowest BCUT2D eigenvalue weighted by atomic mass is 10.1. The van der Waals surface area contributed by atoms with E-state index in [1.54, 1.807) is 38.0 Å². The second kappa shape index (κ2) is 9.48. The fourth-order valence-corrected chi connectivity index (χ4v) is 3.72. The van der Waals surface area contributed by atoms with E-state index in [0.717, 1.165) is 22.3 Å². The van der Waals surface area contributed by atoms with Crippen molar-refractivity contribution in [3.63, 3.8) is 0 Å². The summed E-state index contributed by atoms with van der Waals surface area (Å²) in [7, 11) is 5.50. The minimum atomic E-state index is 0.0150. The summed E-state index contributed by atoms with van der Waals surface area (Å²) in [5, 5.41) is 6.50. The molecule has 8 heteroatoms. The van der Waals surface area contributed by atoms with Crippen molar-refractivity contribution in [1.82, 2.24) is 24.8 Å². The summed E-state index contributed by atoms with van der Waals surface area (Å²) < 4.78 is 7.36. The van der Waals surface area contributed by atoms with Gasteiger partial charge < -0.3 is 19.5 Å². The van der Waals surface area contributed by atoms with Gasteiger partial charge in [-0.3, -0.25) is 4.99 Å². The quantitative estimate of drug-likeness (QED) is 0.489. The molecule has 7 nitrogen and oxygen atoms in total. The van der Waals surface area contributed by atoms with Gasteiger partial charge in [-0.05, 0) is 18.6 Å². The molecule has 1 unspecified atom stereocenters. The van der Waals surface area contributed by atoms with Gasteiger partial charge in [-0.1, -0.05) is 18.2 Å². The van der Waals surface area contributed by atoms with Crippen LogP contribution in [0.4, 0.5) is 0 Å². The maximum absolute atomic E-state index is 5.34. The van der Waals surface area contributed by atoms with Gasteiger partial charge >= 0.3 is 0 Å². The highest BCUT2D eigenvalue weighted by Gasteiger charge is 2.13. The number of methoxy groups -OCH3 is 1. The van der Waals surface area contributed by atoms with E-state index in [0.29, 0.717) is 13.1 Å². The molecule has 0 aliphatic carbocycles. The standard InChI is InChI=1S/C20H26N6OS/c1-15(27-4)19-24-17(13-28-19)12-25(3)20(21-2)23-11-16-7-5-6-8-18(16)26-10-9-22-14-26/h5-10,13-15H,11-12H2,1-4H3,(H,21,23). The van der Waals surface area contributed by atoms with Crippen LogP contribution < -0.4 is 5.32 Å². The number of benzene rings is 1. The molecule has 3 rings (SSSR count). The van der Waals surface area contributed by atoms with Crippen LogP contribution in [-0.4, -0.2) is 46.6 Å². The van der Waals surface area contributed by atoms with Crippen molar-refractivity contribution in [3.05, 3.63) is 64.6 Å². The number of para-hydroxylation sites is 1. The summed E-state index contributed by atoms with van der Waals surface area (Å²) in [6.45, 7) is 3.34. The van der Waals surface area contributed by atoms with Gasteiger partial charge in [0.25, 0.3) is 0 Å². The lowest BCUT2D eigenvalue weighted by Gasteiger charge is -2.22. The first-order valence-corrected chi connectivity index (χ1v) is 9.95. The number of nitrogens with one attached hydrogen (secondary N) is 1. The van der Waals surface area contributed by atoms with Gasteiger partial charge in [0.05, 0.1) is 24.3 Å². The van der Waals surface area contributed by atoms with Crippen LogP contribution in [0.3, 0.4) is 0 Å². The third-order valence-corrected chi connectivity index (χ3v) is 5.51. The Labute approximate surface area is 169 Å². The zero-order chi connectivity index (χ0) is 19.9. The number of imidazole rings is 1. The molecule has 0 radical (unpaired) electrons. The Morgan fingerprint density at radius 1 is 1.39 bits per heavy atom. The van der Waals surface area contributed by atoms with Gasteiger partial charge in [0, 0.05) is 45.5 Å². The van der Waals surface area contributed by atoms with E-state index in [2.05, 4.69) is 42.7 Å². The van der Waals surface area contributed by atoms with Crippen molar-refractivity contribution in [3.8, 4) is 5.69 Å². The summed E-state index contributed by atoms with van der Waals surface area (Å²) in [5.74, 6) is 0.815. The molecular formula is C20H26N6OS. The molecule has 0 saturated carbocycles. The number of guanidine groups is 1. The average Bonchev–Trinajstić information content (AvgIpc) is 3.40. The number of aliphatic imine (C=N–C) groups is 1. The highest BCUT2D eigenvalue weighted by Crippen LogP contribution is 2.21. The van der Waals surface area contributed by atoms with Gasteiger partial charge in [-0.25, -0.2) is 9.97 Å². The van der Waals surface area contributed by atoms with Crippen LogP contribution in [0.1, 0.15) is 29.3 Å². The van der Waals surface area contributed by atoms with Crippen LogP contribution in [-0.2, 0) is 17.8 Å². The first kappa shape index (κ1) is 20.0. The third-order valence-electron chi connectivity index (χ3n) is 4.45. The molecule has 0 bridgehead atoms. The molecule has 0 spiro atoms. The maximum Gasteiger partial charge on any atom is 0.194 e. The Kier molecular flexibility index (Phi) is 6.78. The molecule has 3 aromatic rings. The molecular weight excluding hydrogens is 372 g/mol. The van der Waals surface area contributed by atoms with Crippen LogP contribution in [0, 0.1) is 0 Å². The molecule has 0 aliphatic heterocycles. The van der Waals surface area contributed by atoms with E-state index in [9.17, 15) is 0 Å². The second-order valence-electron chi connectivity index (χ2n) is 6.41. The minimum Gasteiger partial charge on any atom is -0.375 e. The summed E-state index contributed by atoms with van der Waals surface area (Å²) in [4.78, 5) is 15.3. The van der Waals surface area contributed by atoms with Crippen molar-refractivity contribution in [2.75, 3.05) is 21.2 Å². The van der Waals surface area contributed by atoms with Gasteiger partial charge in [-0.2, -0.15) is 0 Å².